The Morgan fingerprint density at radius 1 is 1.03 bits per heavy atom. The third-order valence-corrected chi connectivity index (χ3v) is 5.60. The van der Waals surface area contributed by atoms with E-state index < -0.39 is 0 Å². The van der Waals surface area contributed by atoms with E-state index in [-0.39, 0.29) is 24.2 Å². The zero-order valence-electron chi connectivity index (χ0n) is 17.8. The van der Waals surface area contributed by atoms with Gasteiger partial charge in [-0.2, -0.15) is 0 Å². The summed E-state index contributed by atoms with van der Waals surface area (Å²) in [6.07, 6.45) is 1.06. The van der Waals surface area contributed by atoms with Gasteiger partial charge in [-0.25, -0.2) is 0 Å². The number of carbonyl (C=O) groups excluding carboxylic acids is 2. The molecular weight excluding hydrogens is 388 g/mol. The maximum absolute atomic E-state index is 12.8. The van der Waals surface area contributed by atoms with E-state index in [0.29, 0.717) is 18.0 Å². The van der Waals surface area contributed by atoms with Gasteiger partial charge in [0.15, 0.2) is 0 Å². The van der Waals surface area contributed by atoms with Crippen molar-refractivity contribution >= 4 is 23.2 Å². The molecule has 0 aliphatic carbocycles. The predicted molar refractivity (Wildman–Crippen MR) is 123 cm³/mol. The van der Waals surface area contributed by atoms with Crippen LogP contribution in [0.5, 0.6) is 11.5 Å². The molecule has 0 spiro atoms. The van der Waals surface area contributed by atoms with Crippen LogP contribution in [0.1, 0.15) is 24.5 Å². The van der Waals surface area contributed by atoms with E-state index in [1.54, 1.807) is 4.90 Å². The van der Waals surface area contributed by atoms with Gasteiger partial charge in [-0.1, -0.05) is 43.3 Å². The van der Waals surface area contributed by atoms with Crippen LogP contribution < -0.4 is 15.0 Å². The Morgan fingerprint density at radius 3 is 2.48 bits per heavy atom. The van der Waals surface area contributed by atoms with Gasteiger partial charge < -0.3 is 15.0 Å². The molecule has 1 heterocycles. The Morgan fingerprint density at radius 2 is 1.74 bits per heavy atom. The first-order valence-electron chi connectivity index (χ1n) is 10.6. The third-order valence-electron chi connectivity index (χ3n) is 5.60. The van der Waals surface area contributed by atoms with E-state index in [1.807, 2.05) is 79.7 Å². The largest absolute Gasteiger partial charge is 0.457 e. The minimum Gasteiger partial charge on any atom is -0.457 e. The zero-order valence-corrected chi connectivity index (χ0v) is 17.8. The fraction of sp³-hybridized carbons (Fsp3) is 0.231. The van der Waals surface area contributed by atoms with Crippen molar-refractivity contribution in [2.75, 3.05) is 16.8 Å². The number of nitrogens with one attached hydrogen (secondary N) is 1. The lowest BCUT2D eigenvalue weighted by Gasteiger charge is -2.20. The second kappa shape index (κ2) is 9.04. The Kier molecular flexibility index (Phi) is 6.03. The van der Waals surface area contributed by atoms with Crippen molar-refractivity contribution in [3.63, 3.8) is 0 Å². The van der Waals surface area contributed by atoms with Crippen molar-refractivity contribution in [1.82, 2.24) is 0 Å². The smallest absolute Gasteiger partial charge is 0.229 e. The van der Waals surface area contributed by atoms with Gasteiger partial charge in [-0.3, -0.25) is 9.59 Å². The molecule has 1 aliphatic rings. The maximum atomic E-state index is 12.8. The number of hydrogen-bond acceptors (Lipinski definition) is 3. The molecule has 3 aromatic rings. The van der Waals surface area contributed by atoms with Gasteiger partial charge in [-0.15, -0.1) is 0 Å². The minimum atomic E-state index is -0.375. The number of benzene rings is 3. The number of hydrogen-bond donors (Lipinski definition) is 1. The topological polar surface area (TPSA) is 58.6 Å². The molecule has 1 N–H and O–H groups in total. The van der Waals surface area contributed by atoms with Crippen LogP contribution in [0.25, 0.3) is 0 Å². The van der Waals surface area contributed by atoms with E-state index >= 15 is 0 Å². The predicted octanol–water partition coefficient (Wildman–Crippen LogP) is 5.34. The summed E-state index contributed by atoms with van der Waals surface area (Å²) in [4.78, 5) is 27.1. The SMILES string of the molecule is CCc1ccccc1N1C[C@H](C(=O)Nc2ccc(Oc3ccccc3C)cc2)CC1=O. The fourth-order valence-electron chi connectivity index (χ4n) is 3.84. The fourth-order valence-corrected chi connectivity index (χ4v) is 3.84. The second-order valence-electron chi connectivity index (χ2n) is 7.77. The van der Waals surface area contributed by atoms with Crippen molar-refractivity contribution in [1.29, 1.82) is 0 Å². The maximum Gasteiger partial charge on any atom is 0.229 e. The molecule has 1 aliphatic heterocycles. The summed E-state index contributed by atoms with van der Waals surface area (Å²) in [5.41, 5.74) is 3.76. The third kappa shape index (κ3) is 4.61. The summed E-state index contributed by atoms with van der Waals surface area (Å²) < 4.78 is 5.90. The van der Waals surface area contributed by atoms with E-state index in [1.165, 1.54) is 0 Å². The first-order valence-corrected chi connectivity index (χ1v) is 10.6. The quantitative estimate of drug-likeness (QED) is 0.592. The molecule has 31 heavy (non-hydrogen) atoms. The molecular formula is C26H26N2O3. The van der Waals surface area contributed by atoms with Crippen LogP contribution >= 0.6 is 0 Å². The number of ether oxygens (including phenoxy) is 1. The number of para-hydroxylation sites is 2. The van der Waals surface area contributed by atoms with Gasteiger partial charge in [0.1, 0.15) is 11.5 Å². The first kappa shape index (κ1) is 20.7. The molecule has 3 aromatic carbocycles. The second-order valence-corrected chi connectivity index (χ2v) is 7.77. The van der Waals surface area contributed by atoms with Crippen LogP contribution in [-0.2, 0) is 16.0 Å². The van der Waals surface area contributed by atoms with E-state index in [0.717, 1.165) is 29.0 Å². The molecule has 158 valence electrons. The highest BCUT2D eigenvalue weighted by atomic mass is 16.5. The molecule has 0 radical (unpaired) electrons. The lowest BCUT2D eigenvalue weighted by atomic mass is 10.1. The highest BCUT2D eigenvalue weighted by molar-refractivity contribution is 6.03. The number of aryl methyl sites for hydroxylation is 2. The number of nitrogens with zero attached hydrogens (tertiary/aromatic N) is 1. The lowest BCUT2D eigenvalue weighted by molar-refractivity contribution is -0.122. The number of carbonyl (C=O) groups is 2. The van der Waals surface area contributed by atoms with E-state index in [2.05, 4.69) is 12.2 Å². The van der Waals surface area contributed by atoms with Crippen molar-refractivity contribution in [3.05, 3.63) is 83.9 Å². The van der Waals surface area contributed by atoms with Gasteiger partial charge in [-0.05, 0) is 60.9 Å². The van der Waals surface area contributed by atoms with Crippen LogP contribution in [-0.4, -0.2) is 18.4 Å². The molecule has 5 heteroatoms. The van der Waals surface area contributed by atoms with E-state index in [4.69, 9.17) is 4.74 Å². The van der Waals surface area contributed by atoms with Gasteiger partial charge in [0.25, 0.3) is 0 Å². The Labute approximate surface area is 182 Å². The average molecular weight is 415 g/mol. The Bertz CT molecular complexity index is 1090. The van der Waals surface area contributed by atoms with Crippen molar-refractivity contribution in [3.8, 4) is 11.5 Å². The van der Waals surface area contributed by atoms with Gasteiger partial charge in [0.2, 0.25) is 11.8 Å². The molecule has 1 saturated heterocycles. The summed E-state index contributed by atoms with van der Waals surface area (Å²) in [6, 6.07) is 23.0. The Balaban J connectivity index is 1.39. The van der Waals surface area contributed by atoms with Gasteiger partial charge in [0.05, 0.1) is 5.92 Å². The van der Waals surface area contributed by atoms with Gasteiger partial charge in [0, 0.05) is 24.3 Å². The molecule has 2 amide bonds. The standard InChI is InChI=1S/C26H26N2O3/c1-3-19-9-5-6-10-23(19)28-17-20(16-25(28)29)26(30)27-21-12-14-22(15-13-21)31-24-11-7-4-8-18(24)2/h4-15,20H,3,16-17H2,1-2H3,(H,27,30)/t20-/m1/s1. The summed E-state index contributed by atoms with van der Waals surface area (Å²) in [5.74, 6) is 0.975. The summed E-state index contributed by atoms with van der Waals surface area (Å²) in [5, 5.41) is 2.93. The Hall–Kier alpha value is -3.60. The monoisotopic (exact) mass is 414 g/mol. The van der Waals surface area contributed by atoms with Crippen molar-refractivity contribution in [2.45, 2.75) is 26.7 Å². The number of rotatable bonds is 6. The molecule has 0 aromatic heterocycles. The van der Waals surface area contributed by atoms with Crippen molar-refractivity contribution in [2.24, 2.45) is 5.92 Å². The molecule has 0 unspecified atom stereocenters. The number of amides is 2. The van der Waals surface area contributed by atoms with Crippen LogP contribution in [0.3, 0.4) is 0 Å². The van der Waals surface area contributed by atoms with E-state index in [9.17, 15) is 9.59 Å². The highest BCUT2D eigenvalue weighted by Crippen LogP contribution is 2.30. The molecule has 4 rings (SSSR count). The lowest BCUT2D eigenvalue weighted by Crippen LogP contribution is -2.28. The van der Waals surface area contributed by atoms with Crippen LogP contribution in [0.15, 0.2) is 72.8 Å². The molecule has 5 nitrogen and oxygen atoms in total. The van der Waals surface area contributed by atoms with Gasteiger partial charge >= 0.3 is 0 Å². The molecule has 0 saturated carbocycles. The average Bonchev–Trinajstić information content (AvgIpc) is 3.18. The highest BCUT2D eigenvalue weighted by Gasteiger charge is 2.35. The molecule has 1 fully saturated rings. The summed E-state index contributed by atoms with van der Waals surface area (Å²) in [7, 11) is 0. The first-order chi connectivity index (χ1) is 15.0. The number of anilines is 2. The zero-order chi connectivity index (χ0) is 21.8. The molecule has 1 atom stereocenters. The van der Waals surface area contributed by atoms with Crippen LogP contribution in [0.4, 0.5) is 11.4 Å². The summed E-state index contributed by atoms with van der Waals surface area (Å²) in [6.45, 7) is 4.46. The van der Waals surface area contributed by atoms with Crippen LogP contribution in [0, 0.1) is 12.8 Å². The molecule has 0 bridgehead atoms. The van der Waals surface area contributed by atoms with Crippen LogP contribution in [0.2, 0.25) is 0 Å². The minimum absolute atomic E-state index is 0.0111. The summed E-state index contributed by atoms with van der Waals surface area (Å²) >= 11 is 0. The van der Waals surface area contributed by atoms with Crippen molar-refractivity contribution < 1.29 is 14.3 Å². The normalized spacial score (nSPS) is 15.7.